The molecule has 1 amide bonds. The maximum atomic E-state index is 12.1. The van der Waals surface area contributed by atoms with Crippen LogP contribution in [0.2, 0.25) is 0 Å². The number of Topliss-reactive ketones (excluding diaryl/α,β-unsaturated/α-hetero) is 1. The quantitative estimate of drug-likeness (QED) is 0.718. The predicted molar refractivity (Wildman–Crippen MR) is 65.7 cm³/mol. The first-order valence-corrected chi connectivity index (χ1v) is 6.63. The zero-order valence-corrected chi connectivity index (χ0v) is 10.7. The van der Waals surface area contributed by atoms with Crippen LogP contribution < -0.4 is 0 Å². The molecule has 0 aliphatic carbocycles. The van der Waals surface area contributed by atoms with Crippen LogP contribution in [-0.2, 0) is 9.59 Å². The van der Waals surface area contributed by atoms with Crippen molar-refractivity contribution < 1.29 is 9.59 Å². The summed E-state index contributed by atoms with van der Waals surface area (Å²) in [5.41, 5.74) is 0. The van der Waals surface area contributed by atoms with Crippen LogP contribution in [0, 0.1) is 5.92 Å². The highest BCUT2D eigenvalue weighted by atomic mass is 16.2. The second-order valence-electron chi connectivity index (χ2n) is 5.43. The van der Waals surface area contributed by atoms with Gasteiger partial charge in [-0.2, -0.15) is 0 Å². The topological polar surface area (TPSA) is 40.6 Å². The lowest BCUT2D eigenvalue weighted by Crippen LogP contribution is -2.42. The van der Waals surface area contributed by atoms with Crippen molar-refractivity contribution in [3.8, 4) is 0 Å². The lowest BCUT2D eigenvalue weighted by atomic mass is 9.94. The van der Waals surface area contributed by atoms with Crippen LogP contribution in [0.25, 0.3) is 0 Å². The van der Waals surface area contributed by atoms with Gasteiger partial charge < -0.3 is 9.80 Å². The third-order valence-electron chi connectivity index (χ3n) is 3.79. The van der Waals surface area contributed by atoms with Crippen molar-refractivity contribution in [2.75, 3.05) is 33.2 Å². The SMILES string of the molecule is CN1CCCC(CC(=O)N2CCCC(=O)C2)C1. The summed E-state index contributed by atoms with van der Waals surface area (Å²) in [6.07, 6.45) is 4.45. The van der Waals surface area contributed by atoms with Gasteiger partial charge in [-0.05, 0) is 38.8 Å². The maximum Gasteiger partial charge on any atom is 0.223 e. The smallest absolute Gasteiger partial charge is 0.223 e. The van der Waals surface area contributed by atoms with Gasteiger partial charge in [-0.3, -0.25) is 9.59 Å². The Hall–Kier alpha value is -0.900. The summed E-state index contributed by atoms with van der Waals surface area (Å²) < 4.78 is 0. The van der Waals surface area contributed by atoms with Crippen LogP contribution in [0.1, 0.15) is 32.1 Å². The summed E-state index contributed by atoms with van der Waals surface area (Å²) in [7, 11) is 2.11. The summed E-state index contributed by atoms with van der Waals surface area (Å²) in [5.74, 6) is 0.877. The minimum absolute atomic E-state index is 0.179. The molecule has 0 aromatic rings. The summed E-state index contributed by atoms with van der Waals surface area (Å²) in [6.45, 7) is 3.29. The molecule has 2 saturated heterocycles. The Kier molecular flexibility index (Phi) is 4.15. The van der Waals surface area contributed by atoms with E-state index in [1.54, 1.807) is 4.90 Å². The van der Waals surface area contributed by atoms with Crippen molar-refractivity contribution in [2.45, 2.75) is 32.1 Å². The summed E-state index contributed by atoms with van der Waals surface area (Å²) in [4.78, 5) is 27.4. The van der Waals surface area contributed by atoms with E-state index in [1.165, 1.54) is 6.42 Å². The average molecular weight is 238 g/mol. The van der Waals surface area contributed by atoms with Gasteiger partial charge >= 0.3 is 0 Å². The van der Waals surface area contributed by atoms with Crippen molar-refractivity contribution in [2.24, 2.45) is 5.92 Å². The molecule has 1 atom stereocenters. The average Bonchev–Trinajstić information content (AvgIpc) is 2.29. The number of amides is 1. The molecule has 1 unspecified atom stereocenters. The van der Waals surface area contributed by atoms with E-state index < -0.39 is 0 Å². The van der Waals surface area contributed by atoms with Gasteiger partial charge in [0.05, 0.1) is 6.54 Å². The van der Waals surface area contributed by atoms with Gasteiger partial charge in [0.2, 0.25) is 5.91 Å². The van der Waals surface area contributed by atoms with E-state index in [9.17, 15) is 9.59 Å². The van der Waals surface area contributed by atoms with Crippen molar-refractivity contribution in [3.05, 3.63) is 0 Å². The van der Waals surface area contributed by atoms with E-state index in [2.05, 4.69) is 11.9 Å². The molecule has 2 aliphatic rings. The van der Waals surface area contributed by atoms with Gasteiger partial charge in [0.15, 0.2) is 5.78 Å². The van der Waals surface area contributed by atoms with E-state index >= 15 is 0 Å². The number of carbonyl (C=O) groups excluding carboxylic acids is 2. The van der Waals surface area contributed by atoms with Crippen molar-refractivity contribution in [1.82, 2.24) is 9.80 Å². The van der Waals surface area contributed by atoms with Crippen LogP contribution in [0.3, 0.4) is 0 Å². The first-order valence-electron chi connectivity index (χ1n) is 6.63. The largest absolute Gasteiger partial charge is 0.335 e. The van der Waals surface area contributed by atoms with Crippen LogP contribution in [0.15, 0.2) is 0 Å². The number of nitrogens with zero attached hydrogens (tertiary/aromatic N) is 2. The lowest BCUT2D eigenvalue weighted by molar-refractivity contribution is -0.138. The lowest BCUT2D eigenvalue weighted by Gasteiger charge is -2.32. The first kappa shape index (κ1) is 12.6. The van der Waals surface area contributed by atoms with Gasteiger partial charge in [0.25, 0.3) is 0 Å². The second kappa shape index (κ2) is 5.63. The van der Waals surface area contributed by atoms with E-state index in [1.807, 2.05) is 0 Å². The monoisotopic (exact) mass is 238 g/mol. The predicted octanol–water partition coefficient (Wildman–Crippen LogP) is 0.910. The third-order valence-corrected chi connectivity index (χ3v) is 3.79. The molecular formula is C13H22N2O2. The molecule has 0 bridgehead atoms. The maximum absolute atomic E-state index is 12.1. The van der Waals surface area contributed by atoms with Crippen LogP contribution in [0.4, 0.5) is 0 Å². The van der Waals surface area contributed by atoms with Gasteiger partial charge in [0, 0.05) is 25.9 Å². The second-order valence-corrected chi connectivity index (χ2v) is 5.43. The number of likely N-dealkylation sites (tertiary alicyclic amines) is 2. The molecule has 0 N–H and O–H groups in total. The molecule has 0 aromatic heterocycles. The normalized spacial score (nSPS) is 27.2. The highest BCUT2D eigenvalue weighted by Crippen LogP contribution is 2.20. The molecule has 17 heavy (non-hydrogen) atoms. The number of ketones is 1. The zero-order valence-electron chi connectivity index (χ0n) is 10.7. The van der Waals surface area contributed by atoms with Crippen molar-refractivity contribution in [3.63, 3.8) is 0 Å². The van der Waals surface area contributed by atoms with E-state index in [4.69, 9.17) is 0 Å². The molecule has 2 rings (SSSR count). The van der Waals surface area contributed by atoms with Gasteiger partial charge in [-0.25, -0.2) is 0 Å². The Balaban J connectivity index is 1.81. The molecule has 4 nitrogen and oxygen atoms in total. The highest BCUT2D eigenvalue weighted by Gasteiger charge is 2.25. The summed E-state index contributed by atoms with van der Waals surface area (Å²) in [6, 6.07) is 0. The molecule has 96 valence electrons. The zero-order chi connectivity index (χ0) is 12.3. The molecule has 2 aliphatic heterocycles. The minimum atomic E-state index is 0.179. The van der Waals surface area contributed by atoms with E-state index in [0.29, 0.717) is 25.3 Å². The van der Waals surface area contributed by atoms with Crippen LogP contribution in [-0.4, -0.2) is 54.7 Å². The van der Waals surface area contributed by atoms with Crippen molar-refractivity contribution >= 4 is 11.7 Å². The van der Waals surface area contributed by atoms with E-state index in [-0.39, 0.29) is 11.7 Å². The fraction of sp³-hybridized carbons (Fsp3) is 0.846. The number of carbonyl (C=O) groups is 2. The van der Waals surface area contributed by atoms with Gasteiger partial charge in [-0.1, -0.05) is 0 Å². The Labute approximate surface area is 103 Å². The molecule has 0 saturated carbocycles. The number of hydrogen-bond acceptors (Lipinski definition) is 3. The summed E-state index contributed by atoms with van der Waals surface area (Å²) in [5, 5.41) is 0. The molecule has 2 heterocycles. The third kappa shape index (κ3) is 3.53. The van der Waals surface area contributed by atoms with E-state index in [0.717, 1.165) is 32.5 Å². The number of hydrogen-bond donors (Lipinski definition) is 0. The van der Waals surface area contributed by atoms with Gasteiger partial charge in [0.1, 0.15) is 0 Å². The number of piperidine rings is 2. The van der Waals surface area contributed by atoms with Crippen LogP contribution >= 0.6 is 0 Å². The Morgan fingerprint density at radius 2 is 2.18 bits per heavy atom. The van der Waals surface area contributed by atoms with Crippen LogP contribution in [0.5, 0.6) is 0 Å². The minimum Gasteiger partial charge on any atom is -0.335 e. The fourth-order valence-corrected chi connectivity index (χ4v) is 2.87. The van der Waals surface area contributed by atoms with Gasteiger partial charge in [-0.15, -0.1) is 0 Å². The number of rotatable bonds is 2. The molecule has 2 fully saturated rings. The molecule has 4 heteroatoms. The highest BCUT2D eigenvalue weighted by molar-refractivity contribution is 5.87. The standard InChI is InChI=1S/C13H22N2O2/c1-14-6-2-4-11(9-14)8-13(17)15-7-3-5-12(16)10-15/h11H,2-10H2,1H3. The summed E-state index contributed by atoms with van der Waals surface area (Å²) >= 11 is 0. The Bertz CT molecular complexity index is 304. The Morgan fingerprint density at radius 3 is 2.88 bits per heavy atom. The molecule has 0 radical (unpaired) electrons. The molecule has 0 spiro atoms. The van der Waals surface area contributed by atoms with Crippen molar-refractivity contribution in [1.29, 1.82) is 0 Å². The fourth-order valence-electron chi connectivity index (χ4n) is 2.87. The molecule has 0 aromatic carbocycles. The molecular weight excluding hydrogens is 216 g/mol. The Morgan fingerprint density at radius 1 is 1.35 bits per heavy atom. The first-order chi connectivity index (χ1) is 8.15.